The second kappa shape index (κ2) is 7.56. The first-order valence-electron chi connectivity index (χ1n) is 7.65. The van der Waals surface area contributed by atoms with E-state index in [1.807, 2.05) is 4.72 Å². The monoisotopic (exact) mass is 339 g/mol. The van der Waals surface area contributed by atoms with Crippen molar-refractivity contribution in [2.75, 3.05) is 11.9 Å². The molecular formula is C15H21N3O4S. The maximum atomic E-state index is 11.9. The maximum Gasteiger partial charge on any atom is 0.266 e. The van der Waals surface area contributed by atoms with Gasteiger partial charge in [0, 0.05) is 12.1 Å². The molecule has 0 aromatic heterocycles. The van der Waals surface area contributed by atoms with E-state index < -0.39 is 15.9 Å². The standard InChI is InChI=1S/C15H21N3O4S/c16-9-5-3-1-2-4-6-14(19)17-11-7-8-12-13(10-11)23(21,22)18-15(12)20/h7-8,10H,1-6,9,16H2,(H,17,19)(H,18,20). The average Bonchev–Trinajstić information content (AvgIpc) is 2.72. The molecule has 0 unspecified atom stereocenters. The summed E-state index contributed by atoms with van der Waals surface area (Å²) >= 11 is 0. The van der Waals surface area contributed by atoms with Crippen molar-refractivity contribution in [3.8, 4) is 0 Å². The highest BCUT2D eigenvalue weighted by Gasteiger charge is 2.32. The van der Waals surface area contributed by atoms with Crippen LogP contribution in [-0.2, 0) is 14.8 Å². The van der Waals surface area contributed by atoms with Gasteiger partial charge < -0.3 is 11.1 Å². The smallest absolute Gasteiger partial charge is 0.266 e. The molecule has 2 rings (SSSR count). The number of sulfonamides is 1. The fourth-order valence-corrected chi connectivity index (χ4v) is 3.62. The third kappa shape index (κ3) is 4.52. The van der Waals surface area contributed by atoms with Gasteiger partial charge in [0.25, 0.3) is 15.9 Å². The first-order chi connectivity index (χ1) is 10.9. The fourth-order valence-electron chi connectivity index (χ4n) is 2.43. The molecule has 0 aliphatic carbocycles. The third-order valence-electron chi connectivity index (χ3n) is 3.63. The molecule has 1 aliphatic heterocycles. The molecule has 126 valence electrons. The molecule has 1 aromatic carbocycles. The van der Waals surface area contributed by atoms with E-state index in [1.165, 1.54) is 18.2 Å². The highest BCUT2D eigenvalue weighted by atomic mass is 32.2. The Kier molecular flexibility index (Phi) is 5.73. The number of unbranched alkanes of at least 4 members (excludes halogenated alkanes) is 4. The molecule has 0 fully saturated rings. The molecule has 7 nitrogen and oxygen atoms in total. The molecule has 2 amide bonds. The topological polar surface area (TPSA) is 118 Å². The van der Waals surface area contributed by atoms with E-state index in [1.54, 1.807) is 0 Å². The molecule has 0 saturated heterocycles. The largest absolute Gasteiger partial charge is 0.330 e. The van der Waals surface area contributed by atoms with Gasteiger partial charge in [-0.25, -0.2) is 13.1 Å². The van der Waals surface area contributed by atoms with Crippen LogP contribution < -0.4 is 15.8 Å². The zero-order chi connectivity index (χ0) is 16.9. The van der Waals surface area contributed by atoms with Crippen LogP contribution >= 0.6 is 0 Å². The van der Waals surface area contributed by atoms with Gasteiger partial charge in [0.05, 0.1) is 5.56 Å². The van der Waals surface area contributed by atoms with Crippen molar-refractivity contribution in [3.05, 3.63) is 23.8 Å². The Balaban J connectivity index is 1.87. The highest BCUT2D eigenvalue weighted by Crippen LogP contribution is 2.25. The third-order valence-corrected chi connectivity index (χ3v) is 5.01. The van der Waals surface area contributed by atoms with Crippen molar-refractivity contribution in [1.82, 2.24) is 4.72 Å². The zero-order valence-corrected chi connectivity index (χ0v) is 13.6. The molecule has 23 heavy (non-hydrogen) atoms. The number of hydrogen-bond donors (Lipinski definition) is 3. The number of benzene rings is 1. The Morgan fingerprint density at radius 1 is 1.13 bits per heavy atom. The van der Waals surface area contributed by atoms with Crippen LogP contribution in [0.15, 0.2) is 23.1 Å². The van der Waals surface area contributed by atoms with Crippen LogP contribution in [-0.4, -0.2) is 26.8 Å². The van der Waals surface area contributed by atoms with Crippen LogP contribution in [0.4, 0.5) is 5.69 Å². The van der Waals surface area contributed by atoms with Crippen molar-refractivity contribution >= 4 is 27.5 Å². The van der Waals surface area contributed by atoms with E-state index >= 15 is 0 Å². The van der Waals surface area contributed by atoms with E-state index in [2.05, 4.69) is 5.32 Å². The van der Waals surface area contributed by atoms with Gasteiger partial charge in [-0.05, 0) is 37.6 Å². The minimum Gasteiger partial charge on any atom is -0.330 e. The lowest BCUT2D eigenvalue weighted by atomic mass is 10.1. The quantitative estimate of drug-likeness (QED) is 0.618. The Labute approximate surface area is 135 Å². The molecule has 1 aromatic rings. The zero-order valence-electron chi connectivity index (χ0n) is 12.8. The predicted molar refractivity (Wildman–Crippen MR) is 86.5 cm³/mol. The van der Waals surface area contributed by atoms with Gasteiger partial charge in [0.2, 0.25) is 5.91 Å². The van der Waals surface area contributed by atoms with Gasteiger partial charge >= 0.3 is 0 Å². The van der Waals surface area contributed by atoms with E-state index in [9.17, 15) is 18.0 Å². The lowest BCUT2D eigenvalue weighted by Crippen LogP contribution is -2.20. The number of nitrogens with two attached hydrogens (primary N) is 1. The van der Waals surface area contributed by atoms with Crippen LogP contribution in [0.25, 0.3) is 0 Å². The molecule has 0 atom stereocenters. The van der Waals surface area contributed by atoms with Gasteiger partial charge in [0.15, 0.2) is 0 Å². The molecule has 0 bridgehead atoms. The van der Waals surface area contributed by atoms with Crippen molar-refractivity contribution < 1.29 is 18.0 Å². The number of fused-ring (bicyclic) bond motifs is 1. The van der Waals surface area contributed by atoms with Crippen molar-refractivity contribution in [3.63, 3.8) is 0 Å². The lowest BCUT2D eigenvalue weighted by Gasteiger charge is -2.06. The number of carbonyl (C=O) groups is 2. The van der Waals surface area contributed by atoms with Gasteiger partial charge in [-0.1, -0.05) is 19.3 Å². The number of hydrogen-bond acceptors (Lipinski definition) is 5. The second-order valence-corrected chi connectivity index (χ2v) is 7.15. The lowest BCUT2D eigenvalue weighted by molar-refractivity contribution is -0.116. The summed E-state index contributed by atoms with van der Waals surface area (Å²) in [6.07, 6.45) is 5.24. The minimum atomic E-state index is -3.80. The van der Waals surface area contributed by atoms with Gasteiger partial charge in [-0.15, -0.1) is 0 Å². The molecular weight excluding hydrogens is 318 g/mol. The Hall–Kier alpha value is -1.93. The van der Waals surface area contributed by atoms with E-state index in [-0.39, 0.29) is 16.4 Å². The number of nitrogens with one attached hydrogen (secondary N) is 2. The average molecular weight is 339 g/mol. The summed E-state index contributed by atoms with van der Waals surface area (Å²) in [5, 5.41) is 2.66. The van der Waals surface area contributed by atoms with Crippen molar-refractivity contribution in [2.24, 2.45) is 5.73 Å². The van der Waals surface area contributed by atoms with Gasteiger partial charge in [-0.3, -0.25) is 9.59 Å². The molecule has 1 heterocycles. The summed E-state index contributed by atoms with van der Waals surface area (Å²) in [6.45, 7) is 0.694. The van der Waals surface area contributed by atoms with Crippen LogP contribution in [0.5, 0.6) is 0 Å². The maximum absolute atomic E-state index is 11.9. The predicted octanol–water partition coefficient (Wildman–Crippen LogP) is 1.36. The first-order valence-corrected chi connectivity index (χ1v) is 9.13. The summed E-state index contributed by atoms with van der Waals surface area (Å²) in [5.41, 5.74) is 5.88. The first kappa shape index (κ1) is 17.4. The number of anilines is 1. The summed E-state index contributed by atoms with van der Waals surface area (Å²) in [6, 6.07) is 4.23. The summed E-state index contributed by atoms with van der Waals surface area (Å²) in [5.74, 6) is -0.811. The molecule has 4 N–H and O–H groups in total. The number of rotatable bonds is 8. The van der Waals surface area contributed by atoms with Crippen molar-refractivity contribution in [2.45, 2.75) is 43.4 Å². The second-order valence-electron chi connectivity index (χ2n) is 5.50. The van der Waals surface area contributed by atoms with E-state index in [0.717, 1.165) is 32.1 Å². The minimum absolute atomic E-state index is 0.0953. The summed E-state index contributed by atoms with van der Waals surface area (Å²) in [4.78, 5) is 23.2. The van der Waals surface area contributed by atoms with Crippen LogP contribution in [0, 0.1) is 0 Å². The normalized spacial score (nSPS) is 15.1. The Morgan fingerprint density at radius 3 is 2.57 bits per heavy atom. The van der Waals surface area contributed by atoms with Crippen LogP contribution in [0.3, 0.4) is 0 Å². The van der Waals surface area contributed by atoms with E-state index in [4.69, 9.17) is 5.73 Å². The fraction of sp³-hybridized carbons (Fsp3) is 0.467. The van der Waals surface area contributed by atoms with Crippen LogP contribution in [0.2, 0.25) is 0 Å². The van der Waals surface area contributed by atoms with Gasteiger partial charge in [0.1, 0.15) is 4.90 Å². The molecule has 0 radical (unpaired) electrons. The van der Waals surface area contributed by atoms with Crippen LogP contribution in [0.1, 0.15) is 48.9 Å². The van der Waals surface area contributed by atoms with Crippen molar-refractivity contribution in [1.29, 1.82) is 0 Å². The summed E-state index contributed by atoms with van der Waals surface area (Å²) < 4.78 is 25.4. The SMILES string of the molecule is NCCCCCCCC(=O)Nc1ccc2c(c1)S(=O)(=O)NC2=O. The Bertz CT molecular complexity index is 701. The number of carbonyl (C=O) groups excluding carboxylic acids is 2. The molecule has 8 heteroatoms. The van der Waals surface area contributed by atoms with E-state index in [0.29, 0.717) is 18.7 Å². The Morgan fingerprint density at radius 2 is 1.83 bits per heavy atom. The van der Waals surface area contributed by atoms with Gasteiger partial charge in [-0.2, -0.15) is 0 Å². The molecule has 0 saturated carbocycles. The highest BCUT2D eigenvalue weighted by molar-refractivity contribution is 7.90. The molecule has 0 spiro atoms. The summed E-state index contributed by atoms with van der Waals surface area (Å²) in [7, 11) is -3.80. The molecule has 1 aliphatic rings. The number of amides is 2.